The number of rotatable bonds is 6. The van der Waals surface area contributed by atoms with Crippen molar-refractivity contribution in [2.24, 2.45) is 0 Å². The summed E-state index contributed by atoms with van der Waals surface area (Å²) in [5.74, 6) is -0.775. The average Bonchev–Trinajstić information content (AvgIpc) is 2.98. The Balaban J connectivity index is 1.89. The van der Waals surface area contributed by atoms with Crippen molar-refractivity contribution in [3.8, 4) is 17.7 Å². The van der Waals surface area contributed by atoms with Gasteiger partial charge in [-0.15, -0.1) is 13.2 Å². The third-order valence-corrected chi connectivity index (χ3v) is 3.51. The molecule has 0 saturated carbocycles. The number of alkyl halides is 6. The van der Waals surface area contributed by atoms with Crippen molar-refractivity contribution in [2.45, 2.75) is 26.4 Å². The van der Waals surface area contributed by atoms with Crippen LogP contribution in [-0.2, 0) is 0 Å². The summed E-state index contributed by atoms with van der Waals surface area (Å²) < 4.78 is 84.0. The minimum absolute atomic E-state index is 0.114. The molecule has 1 aromatic carbocycles. The summed E-state index contributed by atoms with van der Waals surface area (Å²) in [6.45, 7) is 1.76. The molecule has 0 spiro atoms. The molecule has 14 heteroatoms. The Morgan fingerprint density at radius 3 is 2.19 bits per heavy atom. The van der Waals surface area contributed by atoms with Crippen molar-refractivity contribution in [2.75, 3.05) is 11.9 Å². The van der Waals surface area contributed by atoms with Gasteiger partial charge in [-0.25, -0.2) is 4.68 Å². The lowest BCUT2D eigenvalue weighted by atomic mass is 10.3. The van der Waals surface area contributed by atoms with Crippen molar-refractivity contribution in [1.29, 1.82) is 0 Å². The Bertz CT molecular complexity index is 1050. The number of halogens is 6. The lowest BCUT2D eigenvalue weighted by Crippen LogP contribution is -2.21. The predicted molar refractivity (Wildman–Crippen MR) is 94.4 cm³/mol. The zero-order valence-corrected chi connectivity index (χ0v) is 15.9. The standard InChI is InChI=1S/C17H14F6N6O2/c1-9-7-10(2)29(28-9)14-25-13(26-15(27-14)30-8-16(18,19)20)24-11-3-5-12(6-4-11)31-17(21,22)23/h3-7H,8H2,1-2H3,(H,24,25,26,27). The van der Waals surface area contributed by atoms with Crippen LogP contribution in [0.15, 0.2) is 30.3 Å². The maximum atomic E-state index is 12.5. The summed E-state index contributed by atoms with van der Waals surface area (Å²) in [4.78, 5) is 11.7. The van der Waals surface area contributed by atoms with Crippen LogP contribution < -0.4 is 14.8 Å². The summed E-state index contributed by atoms with van der Waals surface area (Å²) in [5, 5.41) is 6.83. The minimum atomic E-state index is -4.84. The van der Waals surface area contributed by atoms with Crippen LogP contribution in [0.1, 0.15) is 11.4 Å². The van der Waals surface area contributed by atoms with Gasteiger partial charge >= 0.3 is 18.5 Å². The van der Waals surface area contributed by atoms with Crippen molar-refractivity contribution in [3.63, 3.8) is 0 Å². The maximum absolute atomic E-state index is 12.5. The molecule has 3 rings (SSSR count). The number of aryl methyl sites for hydroxylation is 2. The topological polar surface area (TPSA) is 87.0 Å². The Morgan fingerprint density at radius 2 is 1.65 bits per heavy atom. The summed E-state index contributed by atoms with van der Waals surface area (Å²) in [6, 6.07) is 5.65. The third kappa shape index (κ3) is 6.45. The molecule has 1 N–H and O–H groups in total. The quantitative estimate of drug-likeness (QED) is 0.564. The fraction of sp³-hybridized carbons (Fsp3) is 0.294. The Labute approximate surface area is 170 Å². The van der Waals surface area contributed by atoms with E-state index in [9.17, 15) is 26.3 Å². The second kappa shape index (κ2) is 8.28. The first-order valence-corrected chi connectivity index (χ1v) is 8.50. The highest BCUT2D eigenvalue weighted by Crippen LogP contribution is 2.25. The number of anilines is 2. The van der Waals surface area contributed by atoms with Gasteiger partial charge < -0.3 is 14.8 Å². The van der Waals surface area contributed by atoms with Crippen molar-refractivity contribution in [3.05, 3.63) is 41.7 Å². The lowest BCUT2D eigenvalue weighted by Gasteiger charge is -2.12. The van der Waals surface area contributed by atoms with E-state index in [0.29, 0.717) is 11.4 Å². The highest BCUT2D eigenvalue weighted by atomic mass is 19.4. The molecule has 31 heavy (non-hydrogen) atoms. The molecule has 0 bridgehead atoms. The highest BCUT2D eigenvalue weighted by molar-refractivity contribution is 5.55. The SMILES string of the molecule is Cc1cc(C)n(-c2nc(Nc3ccc(OC(F)(F)F)cc3)nc(OCC(F)(F)F)n2)n1. The van der Waals surface area contributed by atoms with Crippen LogP contribution in [0, 0.1) is 13.8 Å². The fourth-order valence-corrected chi connectivity index (χ4v) is 2.41. The van der Waals surface area contributed by atoms with Gasteiger partial charge in [0.25, 0.3) is 5.95 Å². The maximum Gasteiger partial charge on any atom is 0.573 e. The Morgan fingerprint density at radius 1 is 0.968 bits per heavy atom. The van der Waals surface area contributed by atoms with Gasteiger partial charge in [0.1, 0.15) is 5.75 Å². The van der Waals surface area contributed by atoms with E-state index >= 15 is 0 Å². The summed E-state index contributed by atoms with van der Waals surface area (Å²) in [6.07, 6.45) is -9.46. The Kier molecular flexibility index (Phi) is 5.90. The van der Waals surface area contributed by atoms with E-state index in [2.05, 4.69) is 34.8 Å². The molecule has 0 atom stereocenters. The number of hydrogen-bond acceptors (Lipinski definition) is 7. The van der Waals surface area contributed by atoms with Crippen LogP contribution in [0.5, 0.6) is 11.8 Å². The largest absolute Gasteiger partial charge is 0.573 e. The Hall–Kier alpha value is -3.58. The first-order valence-electron chi connectivity index (χ1n) is 8.50. The molecular formula is C17H14F6N6O2. The molecule has 0 aliphatic rings. The lowest BCUT2D eigenvalue weighted by molar-refractivity contribution is -0.274. The van der Waals surface area contributed by atoms with Crippen molar-refractivity contribution >= 4 is 11.6 Å². The number of ether oxygens (including phenoxy) is 2. The summed E-state index contributed by atoms with van der Waals surface area (Å²) in [7, 11) is 0. The van der Waals surface area contributed by atoms with Crippen LogP contribution in [0.3, 0.4) is 0 Å². The molecule has 0 fully saturated rings. The second-order valence-electron chi connectivity index (χ2n) is 6.18. The number of nitrogens with zero attached hydrogens (tertiary/aromatic N) is 5. The molecule has 2 heterocycles. The second-order valence-corrected chi connectivity index (χ2v) is 6.18. The van der Waals surface area contributed by atoms with Crippen LogP contribution in [0.25, 0.3) is 5.95 Å². The number of aromatic nitrogens is 5. The van der Waals surface area contributed by atoms with Gasteiger partial charge in [-0.2, -0.15) is 33.2 Å². The summed E-state index contributed by atoms with van der Waals surface area (Å²) in [5.41, 5.74) is 1.46. The first kappa shape index (κ1) is 22.1. The third-order valence-electron chi connectivity index (χ3n) is 3.51. The smallest absolute Gasteiger partial charge is 0.454 e. The van der Waals surface area contributed by atoms with E-state index < -0.39 is 30.9 Å². The molecule has 0 unspecified atom stereocenters. The molecule has 0 radical (unpaired) electrons. The number of nitrogens with one attached hydrogen (secondary N) is 1. The predicted octanol–water partition coefficient (Wildman–Crippen LogP) is 4.26. The average molecular weight is 448 g/mol. The normalized spacial score (nSPS) is 12.0. The molecule has 2 aromatic heterocycles. The molecule has 166 valence electrons. The van der Waals surface area contributed by atoms with Crippen LogP contribution >= 0.6 is 0 Å². The van der Waals surface area contributed by atoms with Crippen LogP contribution in [-0.4, -0.2) is 43.9 Å². The van der Waals surface area contributed by atoms with Crippen LogP contribution in [0.4, 0.5) is 38.0 Å². The minimum Gasteiger partial charge on any atom is -0.454 e. The molecule has 0 aliphatic carbocycles. The van der Waals surface area contributed by atoms with E-state index in [0.717, 1.165) is 12.1 Å². The van der Waals surface area contributed by atoms with Gasteiger partial charge in [0.05, 0.1) is 5.69 Å². The highest BCUT2D eigenvalue weighted by Gasteiger charge is 2.31. The van der Waals surface area contributed by atoms with Crippen molar-refractivity contribution in [1.82, 2.24) is 24.7 Å². The monoisotopic (exact) mass is 448 g/mol. The van der Waals surface area contributed by atoms with Gasteiger partial charge in [0.2, 0.25) is 5.95 Å². The molecule has 0 amide bonds. The van der Waals surface area contributed by atoms with Gasteiger partial charge in [0.15, 0.2) is 6.61 Å². The zero-order chi connectivity index (χ0) is 22.8. The molecule has 0 saturated heterocycles. The van der Waals surface area contributed by atoms with Gasteiger partial charge in [0, 0.05) is 11.4 Å². The molecule has 8 nitrogen and oxygen atoms in total. The van der Waals surface area contributed by atoms with Gasteiger partial charge in [-0.05, 0) is 44.2 Å². The number of benzene rings is 1. The van der Waals surface area contributed by atoms with E-state index in [1.165, 1.54) is 16.8 Å². The van der Waals surface area contributed by atoms with Gasteiger partial charge in [-0.1, -0.05) is 0 Å². The van der Waals surface area contributed by atoms with E-state index in [1.807, 2.05) is 0 Å². The van der Waals surface area contributed by atoms with E-state index in [-0.39, 0.29) is 17.6 Å². The van der Waals surface area contributed by atoms with E-state index in [1.54, 1.807) is 19.9 Å². The zero-order valence-electron chi connectivity index (χ0n) is 15.9. The van der Waals surface area contributed by atoms with Gasteiger partial charge in [-0.3, -0.25) is 0 Å². The van der Waals surface area contributed by atoms with Crippen LogP contribution in [0.2, 0.25) is 0 Å². The fourth-order valence-electron chi connectivity index (χ4n) is 2.41. The first-order chi connectivity index (χ1) is 14.4. The van der Waals surface area contributed by atoms with E-state index in [4.69, 9.17) is 0 Å². The molecule has 0 aliphatic heterocycles. The summed E-state index contributed by atoms with van der Waals surface area (Å²) >= 11 is 0. The molecule has 3 aromatic rings. The number of hydrogen-bond donors (Lipinski definition) is 1. The van der Waals surface area contributed by atoms with Crippen molar-refractivity contribution < 1.29 is 35.8 Å². The molecular weight excluding hydrogens is 434 g/mol.